The van der Waals surface area contributed by atoms with Crippen LogP contribution in [0.3, 0.4) is 0 Å². The second-order valence-corrected chi connectivity index (χ2v) is 3.25. The third kappa shape index (κ3) is 2.30. The molecular weight excluding hydrogens is 228 g/mol. The quantitative estimate of drug-likeness (QED) is 0.719. The smallest absolute Gasteiger partial charge is 0.353 e. The molecule has 3 N–H and O–H groups in total. The van der Waals surface area contributed by atoms with E-state index < -0.39 is 11.9 Å². The lowest BCUT2D eigenvalue weighted by atomic mass is 10.3. The molecule has 0 unspecified atom stereocenters. The summed E-state index contributed by atoms with van der Waals surface area (Å²) >= 11 is 0. The predicted molar refractivity (Wildman–Crippen MR) is 54.7 cm³/mol. The van der Waals surface area contributed by atoms with E-state index in [9.17, 15) is 9.59 Å². The SMILES string of the molecule is Cc1cc(C(=O)Nc2cc(C(=O)O)[nH]n2)no1. The second-order valence-electron chi connectivity index (χ2n) is 3.25. The third-order valence-corrected chi connectivity index (χ3v) is 1.91. The number of carboxylic acid groups (broad SMARTS) is 1. The summed E-state index contributed by atoms with van der Waals surface area (Å²) in [6, 6.07) is 2.66. The van der Waals surface area contributed by atoms with E-state index in [1.165, 1.54) is 12.1 Å². The molecule has 0 bridgehead atoms. The Hall–Kier alpha value is -2.64. The normalized spacial score (nSPS) is 10.2. The lowest BCUT2D eigenvalue weighted by Crippen LogP contribution is -2.12. The van der Waals surface area contributed by atoms with Crippen molar-refractivity contribution >= 4 is 17.7 Å². The van der Waals surface area contributed by atoms with Crippen LogP contribution in [-0.2, 0) is 0 Å². The standard InChI is InChI=1S/C9H8N4O4/c1-4-2-5(13-17-4)8(14)10-7-3-6(9(15)16)11-12-7/h2-3H,1H3,(H,15,16)(H2,10,11,12,14). The minimum absolute atomic E-state index is 0.0994. The number of hydrogen-bond acceptors (Lipinski definition) is 5. The van der Waals surface area contributed by atoms with Crippen LogP contribution in [0.2, 0.25) is 0 Å². The number of aromatic nitrogens is 3. The first kappa shape index (κ1) is 10.9. The molecule has 8 nitrogen and oxygen atoms in total. The van der Waals surface area contributed by atoms with E-state index in [0.29, 0.717) is 5.76 Å². The number of anilines is 1. The predicted octanol–water partition coefficient (Wildman–Crippen LogP) is 0.657. The molecule has 0 saturated carbocycles. The van der Waals surface area contributed by atoms with Crippen molar-refractivity contribution in [1.29, 1.82) is 0 Å². The number of aromatic carboxylic acids is 1. The molecule has 0 aliphatic carbocycles. The molecule has 0 radical (unpaired) electrons. The summed E-state index contributed by atoms with van der Waals surface area (Å²) in [5.74, 6) is -1.07. The van der Waals surface area contributed by atoms with Gasteiger partial charge in [-0.05, 0) is 6.92 Å². The number of nitrogens with one attached hydrogen (secondary N) is 2. The Morgan fingerprint density at radius 1 is 1.47 bits per heavy atom. The number of rotatable bonds is 3. The molecule has 0 atom stereocenters. The minimum Gasteiger partial charge on any atom is -0.477 e. The molecule has 8 heteroatoms. The van der Waals surface area contributed by atoms with E-state index >= 15 is 0 Å². The summed E-state index contributed by atoms with van der Waals surface area (Å²) in [7, 11) is 0. The number of aryl methyl sites for hydroxylation is 1. The van der Waals surface area contributed by atoms with Gasteiger partial charge >= 0.3 is 5.97 Å². The molecule has 1 amide bonds. The highest BCUT2D eigenvalue weighted by molar-refractivity contribution is 6.02. The molecule has 0 aliphatic rings. The van der Waals surface area contributed by atoms with Gasteiger partial charge < -0.3 is 14.9 Å². The van der Waals surface area contributed by atoms with Crippen molar-refractivity contribution in [2.24, 2.45) is 0 Å². The van der Waals surface area contributed by atoms with Gasteiger partial charge in [0.1, 0.15) is 11.5 Å². The first-order valence-electron chi connectivity index (χ1n) is 4.59. The van der Waals surface area contributed by atoms with Gasteiger partial charge in [0.15, 0.2) is 11.5 Å². The van der Waals surface area contributed by atoms with Crippen molar-refractivity contribution in [2.75, 3.05) is 5.32 Å². The summed E-state index contributed by atoms with van der Waals surface area (Å²) in [5.41, 5.74) is -0.0148. The fourth-order valence-electron chi connectivity index (χ4n) is 1.15. The Balaban J connectivity index is 2.10. The molecule has 0 saturated heterocycles. The second kappa shape index (κ2) is 4.08. The number of H-pyrrole nitrogens is 1. The number of aromatic amines is 1. The van der Waals surface area contributed by atoms with E-state index in [4.69, 9.17) is 9.63 Å². The molecule has 0 fully saturated rings. The van der Waals surface area contributed by atoms with Crippen molar-refractivity contribution < 1.29 is 19.2 Å². The Labute approximate surface area is 94.6 Å². The topological polar surface area (TPSA) is 121 Å². The molecule has 0 aliphatic heterocycles. The van der Waals surface area contributed by atoms with Crippen molar-refractivity contribution in [3.05, 3.63) is 29.3 Å². The van der Waals surface area contributed by atoms with Gasteiger partial charge in [-0.25, -0.2) is 4.79 Å². The van der Waals surface area contributed by atoms with Crippen LogP contribution in [0.15, 0.2) is 16.7 Å². The zero-order valence-electron chi connectivity index (χ0n) is 8.72. The van der Waals surface area contributed by atoms with Gasteiger partial charge in [-0.15, -0.1) is 0 Å². The minimum atomic E-state index is -1.16. The third-order valence-electron chi connectivity index (χ3n) is 1.91. The first-order chi connectivity index (χ1) is 8.06. The summed E-state index contributed by atoms with van der Waals surface area (Å²) in [5, 5.41) is 20.4. The summed E-state index contributed by atoms with van der Waals surface area (Å²) in [4.78, 5) is 22.1. The molecule has 2 heterocycles. The van der Waals surface area contributed by atoms with Gasteiger partial charge in [0.25, 0.3) is 5.91 Å². The van der Waals surface area contributed by atoms with Gasteiger partial charge in [0.05, 0.1) is 0 Å². The molecule has 2 aromatic heterocycles. The van der Waals surface area contributed by atoms with Gasteiger partial charge in [-0.3, -0.25) is 9.89 Å². The van der Waals surface area contributed by atoms with Crippen LogP contribution in [0.4, 0.5) is 5.82 Å². The Morgan fingerprint density at radius 2 is 2.24 bits per heavy atom. The Bertz CT molecular complexity index is 571. The maximum atomic E-state index is 11.6. The Kier molecular flexibility index (Phi) is 2.61. The Morgan fingerprint density at radius 3 is 2.76 bits per heavy atom. The van der Waals surface area contributed by atoms with E-state index in [0.717, 1.165) is 0 Å². The number of carbonyl (C=O) groups excluding carboxylic acids is 1. The number of nitrogens with zero attached hydrogens (tertiary/aromatic N) is 2. The summed E-state index contributed by atoms with van der Waals surface area (Å²) in [6.45, 7) is 1.65. The zero-order chi connectivity index (χ0) is 12.4. The van der Waals surface area contributed by atoms with Crippen LogP contribution in [0.25, 0.3) is 0 Å². The van der Waals surface area contributed by atoms with E-state index in [-0.39, 0.29) is 17.2 Å². The number of amides is 1. The van der Waals surface area contributed by atoms with Gasteiger partial charge in [0.2, 0.25) is 0 Å². The van der Waals surface area contributed by atoms with Crippen LogP contribution in [0.5, 0.6) is 0 Å². The number of carbonyl (C=O) groups is 2. The maximum absolute atomic E-state index is 11.6. The average molecular weight is 236 g/mol. The molecule has 0 aromatic carbocycles. The molecule has 0 spiro atoms. The van der Waals surface area contributed by atoms with Crippen LogP contribution < -0.4 is 5.32 Å². The largest absolute Gasteiger partial charge is 0.477 e. The highest BCUT2D eigenvalue weighted by Crippen LogP contribution is 2.08. The van der Waals surface area contributed by atoms with E-state index in [1.807, 2.05) is 0 Å². The van der Waals surface area contributed by atoms with Crippen molar-refractivity contribution in [1.82, 2.24) is 15.4 Å². The molecule has 2 aromatic rings. The van der Waals surface area contributed by atoms with E-state index in [2.05, 4.69) is 20.7 Å². The number of carboxylic acids is 1. The summed E-state index contributed by atoms with van der Waals surface area (Å²) in [6.07, 6.45) is 0. The van der Waals surface area contributed by atoms with Crippen LogP contribution in [0.1, 0.15) is 26.7 Å². The van der Waals surface area contributed by atoms with Gasteiger partial charge in [-0.2, -0.15) is 5.10 Å². The van der Waals surface area contributed by atoms with Gasteiger partial charge in [-0.1, -0.05) is 5.16 Å². The lowest BCUT2D eigenvalue weighted by molar-refractivity contribution is 0.0690. The average Bonchev–Trinajstić information content (AvgIpc) is 2.86. The highest BCUT2D eigenvalue weighted by Gasteiger charge is 2.14. The maximum Gasteiger partial charge on any atom is 0.353 e. The molecule has 17 heavy (non-hydrogen) atoms. The molecular formula is C9H8N4O4. The van der Waals surface area contributed by atoms with Crippen LogP contribution in [-0.4, -0.2) is 32.3 Å². The van der Waals surface area contributed by atoms with Crippen molar-refractivity contribution in [3.63, 3.8) is 0 Å². The highest BCUT2D eigenvalue weighted by atomic mass is 16.5. The van der Waals surface area contributed by atoms with Crippen LogP contribution >= 0.6 is 0 Å². The lowest BCUT2D eigenvalue weighted by Gasteiger charge is -1.95. The number of hydrogen-bond donors (Lipinski definition) is 3. The van der Waals surface area contributed by atoms with Crippen molar-refractivity contribution in [2.45, 2.75) is 6.92 Å². The summed E-state index contributed by atoms with van der Waals surface area (Å²) < 4.78 is 4.73. The monoisotopic (exact) mass is 236 g/mol. The van der Waals surface area contributed by atoms with Crippen LogP contribution in [0, 0.1) is 6.92 Å². The first-order valence-corrected chi connectivity index (χ1v) is 4.59. The molecule has 88 valence electrons. The fraction of sp³-hybridized carbons (Fsp3) is 0.111. The van der Waals surface area contributed by atoms with Crippen molar-refractivity contribution in [3.8, 4) is 0 Å². The van der Waals surface area contributed by atoms with Gasteiger partial charge in [0, 0.05) is 12.1 Å². The zero-order valence-corrected chi connectivity index (χ0v) is 8.72. The molecule has 2 rings (SSSR count). The fourth-order valence-corrected chi connectivity index (χ4v) is 1.15. The van der Waals surface area contributed by atoms with E-state index in [1.54, 1.807) is 6.92 Å².